The summed E-state index contributed by atoms with van der Waals surface area (Å²) in [5.74, 6) is -0.0965. The highest BCUT2D eigenvalue weighted by atomic mass is 16.5. The molecule has 5 rings (SSSR count). The Labute approximate surface area is 257 Å². The van der Waals surface area contributed by atoms with Crippen molar-refractivity contribution in [2.24, 2.45) is 5.73 Å². The second kappa shape index (κ2) is 13.3. The van der Waals surface area contributed by atoms with Crippen LogP contribution in [0, 0.1) is 6.92 Å². The first-order chi connectivity index (χ1) is 20.7. The van der Waals surface area contributed by atoms with E-state index in [-0.39, 0.29) is 11.3 Å². The number of allylic oxidation sites excluding steroid dienone is 1. The highest BCUT2D eigenvalue weighted by Crippen LogP contribution is 2.45. The summed E-state index contributed by atoms with van der Waals surface area (Å²) in [6.45, 7) is 13.5. The Morgan fingerprint density at radius 2 is 1.88 bits per heavy atom. The van der Waals surface area contributed by atoms with Crippen molar-refractivity contribution in [1.82, 2.24) is 5.32 Å². The minimum absolute atomic E-state index is 0.0965. The number of rotatable bonds is 10. The summed E-state index contributed by atoms with van der Waals surface area (Å²) in [7, 11) is 1.68. The molecule has 3 heterocycles. The van der Waals surface area contributed by atoms with E-state index in [0.29, 0.717) is 24.6 Å². The van der Waals surface area contributed by atoms with Gasteiger partial charge in [0.25, 0.3) is 5.91 Å². The number of anilines is 2. The smallest absolute Gasteiger partial charge is 0.251 e. The number of carbonyl (C=O) groups excluding carboxylic acids is 1. The molecule has 0 aliphatic carbocycles. The summed E-state index contributed by atoms with van der Waals surface area (Å²) in [4.78, 5) is 16.4. The summed E-state index contributed by atoms with van der Waals surface area (Å²) < 4.78 is 17.2. The van der Waals surface area contributed by atoms with E-state index in [2.05, 4.69) is 59.7 Å². The molecule has 3 aliphatic heterocycles. The molecule has 234 valence electrons. The lowest BCUT2D eigenvalue weighted by atomic mass is 9.75. The maximum atomic E-state index is 13.9. The lowest BCUT2D eigenvalue weighted by Gasteiger charge is -2.37. The second-order valence-electron chi connectivity index (χ2n) is 12.8. The van der Waals surface area contributed by atoms with Crippen molar-refractivity contribution in [2.75, 3.05) is 63.4 Å². The number of nitrogens with two attached hydrogens (primary N) is 1. The molecule has 0 aromatic heterocycles. The number of hydrogen-bond donors (Lipinski definition) is 3. The number of methoxy groups -OCH3 is 1. The van der Waals surface area contributed by atoms with Gasteiger partial charge in [0.15, 0.2) is 0 Å². The van der Waals surface area contributed by atoms with E-state index >= 15 is 0 Å². The fourth-order valence-corrected chi connectivity index (χ4v) is 6.89. The largest absolute Gasteiger partial charge is 0.403 e. The van der Waals surface area contributed by atoms with Gasteiger partial charge in [-0.2, -0.15) is 0 Å². The minimum atomic E-state index is -0.562. The van der Waals surface area contributed by atoms with Crippen LogP contribution >= 0.6 is 0 Å². The molecule has 2 fully saturated rings. The molecule has 2 saturated heterocycles. The van der Waals surface area contributed by atoms with Gasteiger partial charge in [-0.15, -0.1) is 0 Å². The van der Waals surface area contributed by atoms with Crippen molar-refractivity contribution < 1.29 is 19.0 Å². The van der Waals surface area contributed by atoms with Crippen LogP contribution in [0.5, 0.6) is 0 Å². The zero-order valence-corrected chi connectivity index (χ0v) is 26.7. The average molecular weight is 591 g/mol. The molecule has 1 spiro atoms. The van der Waals surface area contributed by atoms with Crippen LogP contribution in [-0.2, 0) is 19.6 Å². The zero-order valence-electron chi connectivity index (χ0n) is 26.7. The Hall–Kier alpha value is -3.07. The van der Waals surface area contributed by atoms with Crippen LogP contribution in [0.25, 0.3) is 11.1 Å². The van der Waals surface area contributed by atoms with E-state index in [1.807, 2.05) is 19.9 Å². The normalized spacial score (nSPS) is 19.9. The highest BCUT2D eigenvalue weighted by Gasteiger charge is 2.40. The van der Waals surface area contributed by atoms with Crippen LogP contribution in [0.2, 0.25) is 0 Å². The van der Waals surface area contributed by atoms with Gasteiger partial charge in [-0.1, -0.05) is 18.2 Å². The molecule has 4 N–H and O–H groups in total. The summed E-state index contributed by atoms with van der Waals surface area (Å²) in [6.07, 6.45) is 6.60. The Morgan fingerprint density at radius 3 is 2.56 bits per heavy atom. The van der Waals surface area contributed by atoms with Gasteiger partial charge in [-0.05, 0) is 100 Å². The molecule has 0 saturated carbocycles. The molecule has 2 aromatic rings. The van der Waals surface area contributed by atoms with Crippen molar-refractivity contribution in [3.8, 4) is 11.1 Å². The molecule has 1 amide bonds. The first kappa shape index (κ1) is 31.4. The van der Waals surface area contributed by atoms with Crippen LogP contribution in [-0.4, -0.2) is 70.7 Å². The van der Waals surface area contributed by atoms with E-state index < -0.39 is 5.60 Å². The van der Waals surface area contributed by atoms with E-state index in [9.17, 15) is 4.79 Å². The number of ether oxygens (including phenoxy) is 3. The Bertz CT molecular complexity index is 1330. The van der Waals surface area contributed by atoms with E-state index in [1.165, 1.54) is 11.3 Å². The molecular weight excluding hydrogens is 540 g/mol. The van der Waals surface area contributed by atoms with E-state index in [4.69, 9.17) is 19.9 Å². The standard InChI is InChI=1S/C35H50N4O4/c1-6-39(28-10-15-42-16-11-28)32-21-27(26-7-8-30-31(20-26)37-23-35(30)13-17-43-18-14-35)19-29(25(32)3)33(40)38-22-34(4,41-5)12-9-24(2)36/h7-9,19-21,28,37H,6,10-18,22-23,36H2,1-5H3,(H,38,40)/b24-9-. The molecular formula is C35H50N4O4. The molecule has 0 bridgehead atoms. The number of benzene rings is 2. The molecule has 8 nitrogen and oxygen atoms in total. The molecule has 0 radical (unpaired) electrons. The number of carbonyl (C=O) groups is 1. The number of nitrogens with one attached hydrogen (secondary N) is 2. The molecule has 2 aromatic carbocycles. The van der Waals surface area contributed by atoms with Crippen LogP contribution in [0.4, 0.5) is 11.4 Å². The molecule has 43 heavy (non-hydrogen) atoms. The van der Waals surface area contributed by atoms with Gasteiger partial charge in [-0.3, -0.25) is 4.79 Å². The third-order valence-electron chi connectivity index (χ3n) is 9.87. The summed E-state index contributed by atoms with van der Waals surface area (Å²) in [5, 5.41) is 6.88. The lowest BCUT2D eigenvalue weighted by Crippen LogP contribution is -2.42. The lowest BCUT2D eigenvalue weighted by molar-refractivity contribution is 0.00942. The molecule has 1 unspecified atom stereocenters. The van der Waals surface area contributed by atoms with Crippen LogP contribution < -0.4 is 21.3 Å². The highest BCUT2D eigenvalue weighted by molar-refractivity contribution is 5.99. The second-order valence-corrected chi connectivity index (χ2v) is 12.8. The Morgan fingerprint density at radius 1 is 1.16 bits per heavy atom. The maximum absolute atomic E-state index is 13.9. The number of amides is 1. The topological polar surface area (TPSA) is 98.1 Å². The van der Waals surface area contributed by atoms with Gasteiger partial charge in [0, 0.05) is 87.3 Å². The van der Waals surface area contributed by atoms with Crippen molar-refractivity contribution in [3.05, 3.63) is 58.8 Å². The monoisotopic (exact) mass is 590 g/mol. The third kappa shape index (κ3) is 6.71. The van der Waals surface area contributed by atoms with Gasteiger partial charge >= 0.3 is 0 Å². The Kier molecular flexibility index (Phi) is 9.69. The third-order valence-corrected chi connectivity index (χ3v) is 9.87. The van der Waals surface area contributed by atoms with Gasteiger partial charge in [0.1, 0.15) is 0 Å². The van der Waals surface area contributed by atoms with Gasteiger partial charge in [0.05, 0.1) is 5.60 Å². The fraction of sp³-hybridized carbons (Fsp3) is 0.571. The first-order valence-electron chi connectivity index (χ1n) is 15.9. The quantitative estimate of drug-likeness (QED) is 0.335. The maximum Gasteiger partial charge on any atom is 0.251 e. The SMILES string of the molecule is CCN(c1cc(-c2ccc3c(c2)NCC32CCOCC2)cc(C(=O)NCC(C)(C/C=C(/C)N)OC)c1C)C1CCOCC1. The number of fused-ring (bicyclic) bond motifs is 2. The van der Waals surface area contributed by atoms with Gasteiger partial charge in [-0.25, -0.2) is 0 Å². The van der Waals surface area contributed by atoms with Crippen molar-refractivity contribution in [3.63, 3.8) is 0 Å². The molecule has 3 aliphatic rings. The predicted molar refractivity (Wildman–Crippen MR) is 174 cm³/mol. The molecule has 1 atom stereocenters. The number of nitrogens with zero attached hydrogens (tertiary/aromatic N) is 1. The summed E-state index contributed by atoms with van der Waals surface area (Å²) >= 11 is 0. The van der Waals surface area contributed by atoms with E-state index in [0.717, 1.165) is 93.3 Å². The predicted octanol–water partition coefficient (Wildman–Crippen LogP) is 5.53. The fourth-order valence-electron chi connectivity index (χ4n) is 6.89. The molecule has 8 heteroatoms. The average Bonchev–Trinajstić information content (AvgIpc) is 3.37. The summed E-state index contributed by atoms with van der Waals surface area (Å²) in [5.41, 5.74) is 13.8. The minimum Gasteiger partial charge on any atom is -0.403 e. The van der Waals surface area contributed by atoms with Gasteiger partial charge in [0.2, 0.25) is 0 Å². The van der Waals surface area contributed by atoms with Gasteiger partial charge < -0.3 is 35.5 Å². The van der Waals surface area contributed by atoms with E-state index in [1.54, 1.807) is 7.11 Å². The van der Waals surface area contributed by atoms with Crippen LogP contribution in [0.15, 0.2) is 42.1 Å². The van der Waals surface area contributed by atoms with Crippen molar-refractivity contribution in [2.45, 2.75) is 76.9 Å². The zero-order chi connectivity index (χ0) is 30.6. The van der Waals surface area contributed by atoms with Crippen molar-refractivity contribution in [1.29, 1.82) is 0 Å². The Balaban J connectivity index is 1.51. The summed E-state index contributed by atoms with van der Waals surface area (Å²) in [6, 6.07) is 11.5. The number of hydrogen-bond acceptors (Lipinski definition) is 7. The van der Waals surface area contributed by atoms with Crippen LogP contribution in [0.3, 0.4) is 0 Å². The van der Waals surface area contributed by atoms with Crippen molar-refractivity contribution >= 4 is 17.3 Å². The first-order valence-corrected chi connectivity index (χ1v) is 15.9. The van der Waals surface area contributed by atoms with Crippen LogP contribution in [0.1, 0.15) is 74.4 Å².